The maximum Gasteiger partial charge on any atom is 0.252 e. The molecule has 0 saturated carbocycles. The number of aryl methyl sites for hydroxylation is 3. The number of rotatable bonds is 5. The molecule has 0 saturated heterocycles. The van der Waals surface area contributed by atoms with Crippen LogP contribution in [0, 0.1) is 20.8 Å². The van der Waals surface area contributed by atoms with Crippen LogP contribution in [0.15, 0.2) is 237 Å². The number of anilines is 6. The van der Waals surface area contributed by atoms with Gasteiger partial charge < -0.3 is 23.5 Å². The third-order valence-electron chi connectivity index (χ3n) is 16.3. The van der Waals surface area contributed by atoms with Crippen molar-refractivity contribution in [2.45, 2.75) is 20.8 Å². The standard InChI is InChI=1S/C69H48BN5/c1-43-31-36-56-51(39-43)63-67-64(52-40-44(2)32-37-57(52)74(67)49-25-14-7-15-26-49)69-65(68(63)73(56)48-23-12-6-13-24-48)53-41-45(3)33-38-58(53)75(69)50-34-35-55-62(42-50)72(47-21-10-5-11-22-47)61-30-18-29-60-66(61)70(55)54-27-16-17-28-59(54)71(60)46-19-8-4-9-20-46/h4-42H,1-3H3. The third-order valence-corrected chi connectivity index (χ3v) is 16.3. The van der Waals surface area contributed by atoms with Crippen molar-refractivity contribution in [2.75, 3.05) is 9.80 Å². The average molecular weight is 958 g/mol. The summed E-state index contributed by atoms with van der Waals surface area (Å²) in [5.41, 5.74) is 25.2. The van der Waals surface area contributed by atoms with Gasteiger partial charge in [0, 0.05) is 83.5 Å². The molecule has 16 rings (SSSR count). The SMILES string of the molecule is Cc1ccc2c(c1)c1c(c3c4cc(C)ccc4n(-c4ccc5c(c4)N(c4ccccc4)c4cccc6c4B5c4ccccc4N6c4ccccc4)c3c3c4cc(C)ccc4n(-c4ccccc4)c13)n2-c1ccccc1. The van der Waals surface area contributed by atoms with E-state index in [9.17, 15) is 0 Å². The van der Waals surface area contributed by atoms with Crippen molar-refractivity contribution in [1.82, 2.24) is 13.7 Å². The lowest BCUT2D eigenvalue weighted by Gasteiger charge is -2.44. The Hall–Kier alpha value is -9.52. The number of fused-ring (bicyclic) bond motifs is 16. The quantitative estimate of drug-likeness (QED) is 0.160. The number of aromatic nitrogens is 3. The van der Waals surface area contributed by atoms with Gasteiger partial charge in [-0.15, -0.1) is 0 Å². The third kappa shape index (κ3) is 5.85. The van der Waals surface area contributed by atoms with E-state index in [1.807, 2.05) is 0 Å². The Kier molecular flexibility index (Phi) is 8.82. The van der Waals surface area contributed by atoms with Crippen LogP contribution in [-0.4, -0.2) is 20.4 Å². The van der Waals surface area contributed by atoms with Crippen LogP contribution in [-0.2, 0) is 0 Å². The van der Waals surface area contributed by atoms with Gasteiger partial charge in [0.25, 0.3) is 6.71 Å². The van der Waals surface area contributed by atoms with Crippen LogP contribution in [0.3, 0.4) is 0 Å². The first kappa shape index (κ1) is 42.0. The molecule has 2 aliphatic rings. The number of hydrogen-bond donors (Lipinski definition) is 0. The molecule has 352 valence electrons. The summed E-state index contributed by atoms with van der Waals surface area (Å²) in [5.74, 6) is 0. The van der Waals surface area contributed by atoms with E-state index in [0.717, 1.165) is 28.4 Å². The lowest BCUT2D eigenvalue weighted by molar-refractivity contribution is 1.17. The Morgan fingerprint density at radius 2 is 0.653 bits per heavy atom. The highest BCUT2D eigenvalue weighted by Gasteiger charge is 2.43. The van der Waals surface area contributed by atoms with E-state index >= 15 is 0 Å². The molecular formula is C69H48BN5. The zero-order valence-corrected chi connectivity index (χ0v) is 41.8. The molecule has 75 heavy (non-hydrogen) atoms. The van der Waals surface area contributed by atoms with Crippen molar-refractivity contribution in [3.8, 4) is 17.1 Å². The number of para-hydroxylation sites is 5. The maximum absolute atomic E-state index is 2.61. The normalized spacial score (nSPS) is 12.9. The largest absolute Gasteiger partial charge is 0.311 e. The lowest BCUT2D eigenvalue weighted by Crippen LogP contribution is -2.61. The van der Waals surface area contributed by atoms with Gasteiger partial charge in [-0.3, -0.25) is 0 Å². The minimum absolute atomic E-state index is 0.000338. The van der Waals surface area contributed by atoms with Crippen LogP contribution in [0.1, 0.15) is 16.7 Å². The molecule has 3 aromatic heterocycles. The van der Waals surface area contributed by atoms with Crippen LogP contribution in [0.25, 0.3) is 82.5 Å². The van der Waals surface area contributed by atoms with E-state index in [2.05, 4.69) is 281 Å². The molecule has 0 spiro atoms. The van der Waals surface area contributed by atoms with Gasteiger partial charge in [0.1, 0.15) is 0 Å². The van der Waals surface area contributed by atoms with Gasteiger partial charge >= 0.3 is 0 Å². The average Bonchev–Trinajstić information content (AvgIpc) is 4.21. The molecule has 0 unspecified atom stereocenters. The fraction of sp³-hybridized carbons (Fsp3) is 0.0435. The van der Waals surface area contributed by atoms with Gasteiger partial charge in [-0.2, -0.15) is 0 Å². The second-order valence-corrected chi connectivity index (χ2v) is 20.7. The van der Waals surface area contributed by atoms with Crippen molar-refractivity contribution in [3.05, 3.63) is 253 Å². The molecule has 0 bridgehead atoms. The summed E-state index contributed by atoms with van der Waals surface area (Å²) in [7, 11) is 0. The summed E-state index contributed by atoms with van der Waals surface area (Å²) in [6.45, 7) is 6.70. The predicted molar refractivity (Wildman–Crippen MR) is 318 cm³/mol. The van der Waals surface area contributed by atoms with Crippen molar-refractivity contribution in [3.63, 3.8) is 0 Å². The van der Waals surface area contributed by atoms with Crippen molar-refractivity contribution in [1.29, 1.82) is 0 Å². The summed E-state index contributed by atoms with van der Waals surface area (Å²) in [6, 6.07) is 88.3. The maximum atomic E-state index is 2.61. The smallest absolute Gasteiger partial charge is 0.252 e. The Bertz CT molecular complexity index is 4610. The van der Waals surface area contributed by atoms with Crippen molar-refractivity contribution in [2.24, 2.45) is 0 Å². The zero-order valence-electron chi connectivity index (χ0n) is 41.8. The highest BCUT2D eigenvalue weighted by molar-refractivity contribution is 7.00. The first-order chi connectivity index (χ1) is 37.0. The molecular weight excluding hydrogens is 910 g/mol. The number of hydrogen-bond acceptors (Lipinski definition) is 2. The summed E-state index contributed by atoms with van der Waals surface area (Å²) in [4.78, 5) is 4.99. The summed E-state index contributed by atoms with van der Waals surface area (Å²) in [5, 5.41) is 7.47. The monoisotopic (exact) mass is 957 g/mol. The van der Waals surface area contributed by atoms with Crippen molar-refractivity contribution >= 4 is 123 Å². The molecule has 0 atom stereocenters. The second kappa shape index (κ2) is 15.7. The van der Waals surface area contributed by atoms with Gasteiger partial charge in [-0.25, -0.2) is 0 Å². The molecule has 0 fully saturated rings. The fourth-order valence-corrected chi connectivity index (χ4v) is 13.3. The Morgan fingerprint density at radius 3 is 1.12 bits per heavy atom. The highest BCUT2D eigenvalue weighted by atomic mass is 15.2. The molecule has 6 heteroatoms. The van der Waals surface area contributed by atoms with E-state index in [4.69, 9.17) is 0 Å². The highest BCUT2D eigenvalue weighted by Crippen LogP contribution is 2.52. The van der Waals surface area contributed by atoms with E-state index in [1.54, 1.807) is 0 Å². The lowest BCUT2D eigenvalue weighted by atomic mass is 9.33. The van der Waals surface area contributed by atoms with Crippen molar-refractivity contribution < 1.29 is 0 Å². The van der Waals surface area contributed by atoms with Crippen LogP contribution in [0.2, 0.25) is 0 Å². The van der Waals surface area contributed by atoms with Gasteiger partial charge in [0.15, 0.2) is 0 Å². The summed E-state index contributed by atoms with van der Waals surface area (Å²) < 4.78 is 7.71. The Labute approximate surface area is 435 Å². The van der Waals surface area contributed by atoms with E-state index in [-0.39, 0.29) is 6.71 Å². The molecule has 0 aliphatic carbocycles. The Balaban J connectivity index is 1.09. The first-order valence-corrected chi connectivity index (χ1v) is 26.1. The van der Waals surface area contributed by atoms with Gasteiger partial charge in [-0.05, 0) is 152 Å². The van der Waals surface area contributed by atoms with Gasteiger partial charge in [-0.1, -0.05) is 138 Å². The molecule has 0 amide bonds. The summed E-state index contributed by atoms with van der Waals surface area (Å²) >= 11 is 0. The Morgan fingerprint density at radius 1 is 0.280 bits per heavy atom. The molecule has 2 aliphatic heterocycles. The molecule has 0 N–H and O–H groups in total. The van der Waals surface area contributed by atoms with Gasteiger partial charge in [0.2, 0.25) is 0 Å². The molecule has 0 radical (unpaired) electrons. The van der Waals surface area contributed by atoms with Crippen LogP contribution < -0.4 is 26.2 Å². The first-order valence-electron chi connectivity index (χ1n) is 26.1. The van der Waals surface area contributed by atoms with Crippen LogP contribution in [0.5, 0.6) is 0 Å². The van der Waals surface area contributed by atoms with E-state index in [0.29, 0.717) is 0 Å². The minimum atomic E-state index is 0.000338. The number of benzene rings is 11. The minimum Gasteiger partial charge on any atom is -0.311 e. The molecule has 5 heterocycles. The predicted octanol–water partition coefficient (Wildman–Crippen LogP) is 16.0. The number of nitrogens with zero attached hydrogens (tertiary/aromatic N) is 5. The van der Waals surface area contributed by atoms with E-state index in [1.165, 1.54) is 121 Å². The second-order valence-electron chi connectivity index (χ2n) is 20.7. The molecule has 5 nitrogen and oxygen atoms in total. The van der Waals surface area contributed by atoms with Crippen LogP contribution in [0.4, 0.5) is 34.1 Å². The summed E-state index contributed by atoms with van der Waals surface area (Å²) in [6.07, 6.45) is 0. The topological polar surface area (TPSA) is 21.3 Å². The zero-order chi connectivity index (χ0) is 49.6. The van der Waals surface area contributed by atoms with E-state index < -0.39 is 0 Å². The van der Waals surface area contributed by atoms with Crippen LogP contribution >= 0.6 is 0 Å². The van der Waals surface area contributed by atoms with Gasteiger partial charge in [0.05, 0.1) is 33.1 Å². The molecule has 14 aromatic rings. The fourth-order valence-electron chi connectivity index (χ4n) is 13.3. The molecule has 11 aromatic carbocycles.